The summed E-state index contributed by atoms with van der Waals surface area (Å²) < 4.78 is 40.1. The van der Waals surface area contributed by atoms with Crippen molar-refractivity contribution in [2.24, 2.45) is 0 Å². The van der Waals surface area contributed by atoms with E-state index in [2.05, 4.69) is 16.0 Å². The highest BCUT2D eigenvalue weighted by molar-refractivity contribution is 6.26. The van der Waals surface area contributed by atoms with E-state index in [1.54, 1.807) is 55.5 Å². The van der Waals surface area contributed by atoms with Gasteiger partial charge in [-0.15, -0.1) is 0 Å². The molecule has 3 heterocycles. The van der Waals surface area contributed by atoms with E-state index in [1.807, 2.05) is 31.2 Å². The van der Waals surface area contributed by atoms with E-state index in [-0.39, 0.29) is 60.4 Å². The predicted molar refractivity (Wildman–Crippen MR) is 290 cm³/mol. The summed E-state index contributed by atoms with van der Waals surface area (Å²) in [4.78, 5) is 108. The summed E-state index contributed by atoms with van der Waals surface area (Å²) in [6, 6.07) is 18.9. The SMILES string of the molecule is CC[C@H](C(=O)N1CCCC[C@H]1C(=O)O[C@H](CCc1ccc(OC)c(OC)c1)c1cccc(OCC(=O)NCCCCCCCC(=O)Nc2cccc3c2C(=O)N(C2CCC(=O)NC2=O)C3=O)c1)c1cc(OC)c(OC)c(OC)c1. The number of aryl methyl sites for hydroxylation is 1. The Morgan fingerprint density at radius 3 is 2.15 bits per heavy atom. The lowest BCUT2D eigenvalue weighted by atomic mass is 9.91. The Balaban J connectivity index is 0.901. The van der Waals surface area contributed by atoms with Crippen molar-refractivity contribution in [2.75, 3.05) is 60.6 Å². The average Bonchev–Trinajstić information content (AvgIpc) is 3.92. The number of carbonyl (C=O) groups excluding carboxylic acids is 8. The van der Waals surface area contributed by atoms with Crippen molar-refractivity contribution >= 4 is 53.0 Å². The number of likely N-dealkylation sites (tertiary alicyclic amines) is 1. The smallest absolute Gasteiger partial charge is 0.329 e. The number of esters is 1. The van der Waals surface area contributed by atoms with Crippen molar-refractivity contribution in [2.45, 2.75) is 121 Å². The summed E-state index contributed by atoms with van der Waals surface area (Å²) in [5, 5.41) is 7.82. The maximum Gasteiger partial charge on any atom is 0.329 e. The van der Waals surface area contributed by atoms with Gasteiger partial charge < -0.3 is 48.7 Å². The Kier molecular flexibility index (Phi) is 20.7. The quantitative estimate of drug-likeness (QED) is 0.0299. The summed E-state index contributed by atoms with van der Waals surface area (Å²) >= 11 is 0. The van der Waals surface area contributed by atoms with Gasteiger partial charge in [0.1, 0.15) is 23.9 Å². The van der Waals surface area contributed by atoms with Crippen molar-refractivity contribution in [1.82, 2.24) is 20.4 Å². The summed E-state index contributed by atoms with van der Waals surface area (Å²) in [6.45, 7) is 2.47. The maximum absolute atomic E-state index is 14.5. The summed E-state index contributed by atoms with van der Waals surface area (Å²) in [5.74, 6) is -1.69. The lowest BCUT2D eigenvalue weighted by Crippen LogP contribution is -2.54. The van der Waals surface area contributed by atoms with E-state index < -0.39 is 53.7 Å². The molecule has 3 N–H and O–H groups in total. The molecule has 2 saturated heterocycles. The van der Waals surface area contributed by atoms with Crippen LogP contribution in [0.2, 0.25) is 0 Å². The van der Waals surface area contributed by atoms with E-state index in [0.717, 1.165) is 42.6 Å². The van der Waals surface area contributed by atoms with Crippen molar-refractivity contribution in [3.63, 3.8) is 0 Å². The van der Waals surface area contributed by atoms with Crippen LogP contribution in [0, 0.1) is 0 Å². The minimum absolute atomic E-state index is 0.000707. The van der Waals surface area contributed by atoms with Crippen LogP contribution < -0.4 is 44.4 Å². The fraction of sp³-hybridized carbons (Fsp3) is 0.458. The Morgan fingerprint density at radius 2 is 1.44 bits per heavy atom. The van der Waals surface area contributed by atoms with Gasteiger partial charge in [0.25, 0.3) is 17.7 Å². The first-order valence-corrected chi connectivity index (χ1v) is 26.9. The number of hydrogen-bond donors (Lipinski definition) is 3. The van der Waals surface area contributed by atoms with Crippen LogP contribution in [0.5, 0.6) is 34.5 Å². The second-order valence-corrected chi connectivity index (χ2v) is 19.6. The fourth-order valence-electron chi connectivity index (χ4n) is 10.3. The van der Waals surface area contributed by atoms with Crippen molar-refractivity contribution in [3.05, 3.63) is 101 Å². The number of amides is 7. The lowest BCUT2D eigenvalue weighted by molar-refractivity contribution is -0.162. The molecule has 2 fully saturated rings. The molecule has 0 aliphatic carbocycles. The molecule has 20 nitrogen and oxygen atoms in total. The third-order valence-corrected chi connectivity index (χ3v) is 14.5. The van der Waals surface area contributed by atoms with Gasteiger partial charge in [0.15, 0.2) is 29.6 Å². The van der Waals surface area contributed by atoms with Gasteiger partial charge in [-0.2, -0.15) is 0 Å². The molecule has 4 atom stereocenters. The Hall–Kier alpha value is -8.16. The highest BCUT2D eigenvalue weighted by Gasteiger charge is 2.46. The minimum atomic E-state index is -1.11. The molecule has 7 rings (SSSR count). The van der Waals surface area contributed by atoms with E-state index in [1.165, 1.54) is 33.5 Å². The predicted octanol–water partition coefficient (Wildman–Crippen LogP) is 7.40. The topological polar surface area (TPSA) is 244 Å². The van der Waals surface area contributed by atoms with Crippen LogP contribution in [0.1, 0.15) is 140 Å². The number of nitrogens with one attached hydrogen (secondary N) is 3. The maximum atomic E-state index is 14.5. The summed E-state index contributed by atoms with van der Waals surface area (Å²) in [6.07, 6.45) is 6.28. The molecule has 3 aliphatic rings. The zero-order chi connectivity index (χ0) is 56.6. The van der Waals surface area contributed by atoms with Gasteiger partial charge in [0.05, 0.1) is 58.3 Å². The normalized spacial score (nSPS) is 16.7. The monoisotopic (exact) mass is 1090 g/mol. The molecule has 0 saturated carbocycles. The fourth-order valence-corrected chi connectivity index (χ4v) is 10.3. The third kappa shape index (κ3) is 14.3. The van der Waals surface area contributed by atoms with E-state index in [0.29, 0.717) is 97.2 Å². The Morgan fingerprint density at radius 1 is 0.722 bits per heavy atom. The number of piperidine rings is 2. The average molecular weight is 1090 g/mol. The number of hydrogen-bond acceptors (Lipinski definition) is 15. The van der Waals surface area contributed by atoms with Crippen molar-refractivity contribution in [1.29, 1.82) is 0 Å². The molecular weight excluding hydrogens is 1020 g/mol. The van der Waals surface area contributed by atoms with Gasteiger partial charge in [-0.3, -0.25) is 43.8 Å². The molecule has 0 bridgehead atoms. The zero-order valence-corrected chi connectivity index (χ0v) is 45.8. The molecule has 4 aromatic carbocycles. The standard InChI is InChI=1S/C59H71N5O15/c1-7-40(38-33-48(75-4)54(77-6)49(34-38)76-5)56(69)63-30-14-12-21-44(63)59(72)79-45(26-23-36-24-27-46(73-2)47(31-36)74-3)37-17-15-18-39(32-37)78-35-52(67)60-29-13-10-8-9-11-22-50(65)61-42-20-16-19-41-53(42)58(71)64(57(41)70)43-25-28-51(66)62-55(43)68/h15-20,24,27,31-34,40,43-45H,7-14,21-23,25-26,28-30,35H2,1-6H3,(H,60,67)(H,61,65)(H,62,66,68)/t40-,43?,44-,45+/m0/s1. The van der Waals surface area contributed by atoms with E-state index in [4.69, 9.17) is 33.2 Å². The molecule has 7 amide bonds. The minimum Gasteiger partial charge on any atom is -0.493 e. The largest absolute Gasteiger partial charge is 0.493 e. The summed E-state index contributed by atoms with van der Waals surface area (Å²) in [7, 11) is 7.69. The molecule has 0 radical (unpaired) electrons. The highest BCUT2D eigenvalue weighted by Crippen LogP contribution is 2.42. The van der Waals surface area contributed by atoms with Crippen LogP contribution in [0.3, 0.4) is 0 Å². The molecule has 79 heavy (non-hydrogen) atoms. The van der Waals surface area contributed by atoms with Crippen LogP contribution in [-0.2, 0) is 39.9 Å². The Labute approximate surface area is 460 Å². The number of carbonyl (C=O) groups is 8. The van der Waals surface area contributed by atoms with Gasteiger partial charge in [0.2, 0.25) is 29.4 Å². The highest BCUT2D eigenvalue weighted by atomic mass is 16.5. The number of ether oxygens (including phenoxy) is 7. The first-order chi connectivity index (χ1) is 38.2. The first kappa shape index (κ1) is 58.5. The van der Waals surface area contributed by atoms with Crippen LogP contribution in [0.25, 0.3) is 0 Å². The van der Waals surface area contributed by atoms with Gasteiger partial charge in [0, 0.05) is 25.9 Å². The molecule has 0 spiro atoms. The first-order valence-electron chi connectivity index (χ1n) is 26.9. The number of imide groups is 2. The number of rotatable bonds is 27. The van der Waals surface area contributed by atoms with E-state index >= 15 is 0 Å². The molecule has 0 aromatic heterocycles. The number of fused-ring (bicyclic) bond motifs is 1. The number of methoxy groups -OCH3 is 5. The molecule has 1 unspecified atom stereocenters. The van der Waals surface area contributed by atoms with Crippen LogP contribution >= 0.6 is 0 Å². The van der Waals surface area contributed by atoms with Gasteiger partial charge in [-0.25, -0.2) is 4.79 Å². The number of benzene rings is 4. The van der Waals surface area contributed by atoms with Crippen molar-refractivity contribution in [3.8, 4) is 34.5 Å². The van der Waals surface area contributed by atoms with Gasteiger partial charge in [-0.1, -0.05) is 50.5 Å². The zero-order valence-electron chi connectivity index (χ0n) is 45.8. The van der Waals surface area contributed by atoms with Crippen molar-refractivity contribution < 1.29 is 71.5 Å². The molecule has 3 aliphatic heterocycles. The van der Waals surface area contributed by atoms with Gasteiger partial charge in [-0.05, 0) is 123 Å². The number of anilines is 1. The molecule has 422 valence electrons. The van der Waals surface area contributed by atoms with Crippen LogP contribution in [0.15, 0.2) is 72.8 Å². The lowest BCUT2D eigenvalue weighted by Gasteiger charge is -2.37. The number of unbranched alkanes of at least 4 members (excludes halogenated alkanes) is 4. The van der Waals surface area contributed by atoms with Crippen LogP contribution in [0.4, 0.5) is 5.69 Å². The molecular formula is C59H71N5O15. The third-order valence-electron chi connectivity index (χ3n) is 14.5. The van der Waals surface area contributed by atoms with Gasteiger partial charge >= 0.3 is 5.97 Å². The number of nitrogens with zero attached hydrogens (tertiary/aromatic N) is 2. The van der Waals surface area contributed by atoms with Crippen LogP contribution in [-0.4, -0.2) is 124 Å². The Bertz CT molecular complexity index is 2860. The second-order valence-electron chi connectivity index (χ2n) is 19.6. The molecule has 20 heteroatoms. The summed E-state index contributed by atoms with van der Waals surface area (Å²) in [5.41, 5.74) is 2.53. The van der Waals surface area contributed by atoms with E-state index in [9.17, 15) is 38.4 Å². The second kappa shape index (κ2) is 27.9. The molecule has 4 aromatic rings.